The van der Waals surface area contributed by atoms with Crippen LogP contribution >= 0.6 is 0 Å². The van der Waals surface area contributed by atoms with Crippen molar-refractivity contribution in [2.75, 3.05) is 31.7 Å². The number of unbranched alkanes of at least 4 members (excludes halogenated alkanes) is 2. The van der Waals surface area contributed by atoms with E-state index < -0.39 is 0 Å². The number of hydrogen-bond acceptors (Lipinski definition) is 6. The summed E-state index contributed by atoms with van der Waals surface area (Å²) < 4.78 is 15.4. The lowest BCUT2D eigenvalue weighted by Crippen LogP contribution is -2.49. The van der Waals surface area contributed by atoms with Crippen LogP contribution in [0.15, 0.2) is 55.4 Å². The van der Waals surface area contributed by atoms with Crippen LogP contribution < -0.4 is 14.4 Å². The smallest absolute Gasteiger partial charge is 0.324 e. The molecule has 1 aliphatic heterocycles. The summed E-state index contributed by atoms with van der Waals surface area (Å²) >= 11 is 0. The molecule has 1 fully saturated rings. The maximum atomic E-state index is 13.6. The number of benzene rings is 1. The zero-order valence-corrected chi connectivity index (χ0v) is 22.1. The second-order valence-electron chi connectivity index (χ2n) is 9.48. The number of hydrogen-bond donors (Lipinski definition) is 0. The highest BCUT2D eigenvalue weighted by molar-refractivity contribution is 5.93. The molecule has 38 heavy (non-hydrogen) atoms. The standard InChI is InChI=1S/C28H35N7O3/c1-3-4-5-17-38-26-18-23(7-8-25(26)37-2)35-13-6-12-33(28(35)36)19-22-9-11-30-27-24(22)10-14-32(27)15-16-34-21-29-20-31-34/h7-11,14,18,20-21H,3-6,12-13,15-17,19H2,1-2H3. The molecule has 0 saturated carbocycles. The number of nitrogens with zero attached hydrogens (tertiary/aromatic N) is 7. The summed E-state index contributed by atoms with van der Waals surface area (Å²) in [6.07, 6.45) is 11.2. The second-order valence-corrected chi connectivity index (χ2v) is 9.48. The number of pyridine rings is 1. The summed E-state index contributed by atoms with van der Waals surface area (Å²) in [5.74, 6) is 1.35. The Morgan fingerprint density at radius 2 is 1.97 bits per heavy atom. The minimum Gasteiger partial charge on any atom is -0.493 e. The van der Waals surface area contributed by atoms with Crippen molar-refractivity contribution in [3.63, 3.8) is 0 Å². The number of anilines is 1. The maximum absolute atomic E-state index is 13.6. The molecule has 3 aromatic heterocycles. The fourth-order valence-corrected chi connectivity index (χ4v) is 4.88. The normalized spacial score (nSPS) is 13.9. The van der Waals surface area contributed by atoms with Crippen LogP contribution in [0, 0.1) is 0 Å². The first-order valence-electron chi connectivity index (χ1n) is 13.3. The third-order valence-electron chi connectivity index (χ3n) is 6.93. The Kier molecular flexibility index (Phi) is 8.06. The number of aromatic nitrogens is 5. The molecule has 0 N–H and O–H groups in total. The molecular weight excluding hydrogens is 482 g/mol. The quantitative estimate of drug-likeness (QED) is 0.252. The van der Waals surface area contributed by atoms with Crippen LogP contribution in [0.2, 0.25) is 0 Å². The predicted octanol–water partition coefficient (Wildman–Crippen LogP) is 4.74. The van der Waals surface area contributed by atoms with Crippen LogP contribution in [0.25, 0.3) is 11.0 Å². The van der Waals surface area contributed by atoms with Crippen molar-refractivity contribution in [2.45, 2.75) is 52.2 Å². The highest BCUT2D eigenvalue weighted by atomic mass is 16.5. The van der Waals surface area contributed by atoms with Crippen molar-refractivity contribution in [3.8, 4) is 11.5 Å². The van der Waals surface area contributed by atoms with Gasteiger partial charge in [0.25, 0.3) is 0 Å². The van der Waals surface area contributed by atoms with E-state index in [2.05, 4.69) is 32.6 Å². The lowest BCUT2D eigenvalue weighted by molar-refractivity contribution is 0.192. The Labute approximate surface area is 222 Å². The van der Waals surface area contributed by atoms with E-state index in [1.165, 1.54) is 6.33 Å². The van der Waals surface area contributed by atoms with E-state index in [1.54, 1.807) is 18.1 Å². The molecule has 0 atom stereocenters. The molecule has 1 aliphatic rings. The predicted molar refractivity (Wildman–Crippen MR) is 146 cm³/mol. The molecule has 10 nitrogen and oxygen atoms in total. The van der Waals surface area contributed by atoms with E-state index in [1.807, 2.05) is 46.5 Å². The number of urea groups is 1. The van der Waals surface area contributed by atoms with Crippen molar-refractivity contribution in [3.05, 3.63) is 60.9 Å². The summed E-state index contributed by atoms with van der Waals surface area (Å²) in [5, 5.41) is 5.23. The van der Waals surface area contributed by atoms with E-state index in [4.69, 9.17) is 9.47 Å². The number of ether oxygens (including phenoxy) is 2. The first-order chi connectivity index (χ1) is 18.7. The average molecular weight is 518 g/mol. The Balaban J connectivity index is 1.30. The van der Waals surface area contributed by atoms with Gasteiger partial charge in [0.1, 0.15) is 18.3 Å². The maximum Gasteiger partial charge on any atom is 0.324 e. The van der Waals surface area contributed by atoms with Crippen molar-refractivity contribution >= 4 is 22.8 Å². The summed E-state index contributed by atoms with van der Waals surface area (Å²) in [5.41, 5.74) is 2.81. The number of aryl methyl sites for hydroxylation is 2. The number of amides is 2. The molecule has 1 saturated heterocycles. The van der Waals surface area contributed by atoms with Crippen molar-refractivity contribution in [1.29, 1.82) is 0 Å². The molecule has 0 radical (unpaired) electrons. The summed E-state index contributed by atoms with van der Waals surface area (Å²) in [6.45, 7) is 6.15. The third-order valence-corrected chi connectivity index (χ3v) is 6.93. The summed E-state index contributed by atoms with van der Waals surface area (Å²) in [4.78, 5) is 26.0. The monoisotopic (exact) mass is 517 g/mol. The van der Waals surface area contributed by atoms with Gasteiger partial charge in [-0.2, -0.15) is 5.10 Å². The topological polar surface area (TPSA) is 90.5 Å². The largest absolute Gasteiger partial charge is 0.493 e. The number of carbonyl (C=O) groups excluding carboxylic acids is 1. The van der Waals surface area contributed by atoms with Crippen LogP contribution in [-0.4, -0.2) is 62.1 Å². The molecule has 0 aliphatic carbocycles. The number of rotatable bonds is 12. The van der Waals surface area contributed by atoms with Crippen LogP contribution in [0.5, 0.6) is 11.5 Å². The van der Waals surface area contributed by atoms with E-state index in [-0.39, 0.29) is 6.03 Å². The summed E-state index contributed by atoms with van der Waals surface area (Å²) in [7, 11) is 1.64. The highest BCUT2D eigenvalue weighted by Gasteiger charge is 2.28. The third kappa shape index (κ3) is 5.58. The molecule has 4 aromatic rings. The van der Waals surface area contributed by atoms with Gasteiger partial charge in [0.15, 0.2) is 11.5 Å². The van der Waals surface area contributed by atoms with Gasteiger partial charge in [-0.15, -0.1) is 0 Å². The Hall–Kier alpha value is -4.08. The zero-order chi connectivity index (χ0) is 26.3. The van der Waals surface area contributed by atoms with E-state index >= 15 is 0 Å². The van der Waals surface area contributed by atoms with Gasteiger partial charge in [0, 0.05) is 55.7 Å². The van der Waals surface area contributed by atoms with Crippen LogP contribution in [0.4, 0.5) is 10.5 Å². The van der Waals surface area contributed by atoms with Gasteiger partial charge in [-0.05, 0) is 42.7 Å². The molecule has 0 bridgehead atoms. The number of methoxy groups -OCH3 is 1. The van der Waals surface area contributed by atoms with Gasteiger partial charge >= 0.3 is 6.03 Å². The van der Waals surface area contributed by atoms with Gasteiger partial charge in [-0.3, -0.25) is 9.58 Å². The lowest BCUT2D eigenvalue weighted by Gasteiger charge is -2.36. The molecule has 0 spiro atoms. The van der Waals surface area contributed by atoms with Crippen molar-refractivity contribution in [2.24, 2.45) is 0 Å². The van der Waals surface area contributed by atoms with Gasteiger partial charge in [0.2, 0.25) is 0 Å². The molecule has 2 amide bonds. The first kappa shape index (κ1) is 25.6. The fourth-order valence-electron chi connectivity index (χ4n) is 4.88. The van der Waals surface area contributed by atoms with E-state index in [0.717, 1.165) is 54.5 Å². The SMILES string of the molecule is CCCCCOc1cc(N2CCCN(Cc3ccnc4c3ccn4CCn3cncn3)C2=O)ccc1OC. The molecule has 1 aromatic carbocycles. The highest BCUT2D eigenvalue weighted by Crippen LogP contribution is 2.33. The average Bonchev–Trinajstić information content (AvgIpc) is 3.61. The molecule has 200 valence electrons. The van der Waals surface area contributed by atoms with Gasteiger partial charge in [0.05, 0.1) is 20.3 Å². The fraction of sp³-hybridized carbons (Fsp3) is 0.429. The van der Waals surface area contributed by atoms with Gasteiger partial charge in [-0.25, -0.2) is 14.8 Å². The Morgan fingerprint density at radius 1 is 1.05 bits per heavy atom. The van der Waals surface area contributed by atoms with E-state index in [9.17, 15) is 4.79 Å². The second kappa shape index (κ2) is 12.0. The van der Waals surface area contributed by atoms with Crippen LogP contribution in [0.3, 0.4) is 0 Å². The zero-order valence-electron chi connectivity index (χ0n) is 22.1. The Bertz CT molecular complexity index is 1350. The molecule has 0 unspecified atom stereocenters. The minimum atomic E-state index is -0.00562. The van der Waals surface area contributed by atoms with Gasteiger partial charge in [-0.1, -0.05) is 19.8 Å². The summed E-state index contributed by atoms with van der Waals surface area (Å²) in [6, 6.07) is 9.81. The molecular formula is C28H35N7O3. The van der Waals surface area contributed by atoms with Gasteiger partial charge < -0.3 is 18.9 Å². The van der Waals surface area contributed by atoms with Crippen LogP contribution in [-0.2, 0) is 19.6 Å². The number of carbonyl (C=O) groups is 1. The van der Waals surface area contributed by atoms with E-state index in [0.29, 0.717) is 44.3 Å². The van der Waals surface area contributed by atoms with Crippen molar-refractivity contribution in [1.82, 2.24) is 29.2 Å². The van der Waals surface area contributed by atoms with Crippen LogP contribution in [0.1, 0.15) is 38.2 Å². The molecule has 5 rings (SSSR count). The molecule has 4 heterocycles. The number of fused-ring (bicyclic) bond motifs is 1. The molecule has 10 heteroatoms. The van der Waals surface area contributed by atoms with Crippen molar-refractivity contribution < 1.29 is 14.3 Å². The lowest BCUT2D eigenvalue weighted by atomic mass is 10.1. The minimum absolute atomic E-state index is 0.00562. The Morgan fingerprint density at radius 3 is 2.79 bits per heavy atom. The first-order valence-corrected chi connectivity index (χ1v) is 13.3.